The molecule has 2 aliphatic heterocycles. The molecule has 3 rings (SSSR count). The van der Waals surface area contributed by atoms with Gasteiger partial charge in [0.05, 0.1) is 13.2 Å². The lowest BCUT2D eigenvalue weighted by molar-refractivity contribution is -0.144. The minimum Gasteiger partial charge on any atom is -0.366 e. The standard InChI is InChI=1S/C15H18F3N3O2S/c16-15(17,18)13-9-11(1-2-19-13)21-3-6-23-12(10-21)14(22)20-4-7-24-8-5-20/h1-2,9,12H,3-8,10H2. The van der Waals surface area contributed by atoms with Gasteiger partial charge in [-0.25, -0.2) is 0 Å². The maximum Gasteiger partial charge on any atom is 0.433 e. The van der Waals surface area contributed by atoms with Crippen molar-refractivity contribution in [2.45, 2.75) is 12.3 Å². The normalized spacial score (nSPS) is 22.5. The van der Waals surface area contributed by atoms with Gasteiger partial charge >= 0.3 is 6.18 Å². The molecule has 1 atom stereocenters. The Hall–Kier alpha value is -1.48. The highest BCUT2D eigenvalue weighted by atomic mass is 32.2. The third-order valence-corrected chi connectivity index (χ3v) is 5.01. The first-order valence-corrected chi connectivity index (χ1v) is 8.87. The lowest BCUT2D eigenvalue weighted by Crippen LogP contribution is -2.52. The van der Waals surface area contributed by atoms with E-state index in [0.717, 1.165) is 23.8 Å². The topological polar surface area (TPSA) is 45.7 Å². The summed E-state index contributed by atoms with van der Waals surface area (Å²) in [5.74, 6) is 1.73. The summed E-state index contributed by atoms with van der Waals surface area (Å²) in [6.07, 6.45) is -3.97. The molecule has 0 aromatic carbocycles. The molecule has 2 saturated heterocycles. The van der Waals surface area contributed by atoms with Crippen LogP contribution in [0.25, 0.3) is 0 Å². The van der Waals surface area contributed by atoms with E-state index in [1.165, 1.54) is 6.07 Å². The average molecular weight is 361 g/mol. The number of hydrogen-bond acceptors (Lipinski definition) is 5. The zero-order valence-corrected chi connectivity index (χ0v) is 13.8. The van der Waals surface area contributed by atoms with Crippen LogP contribution in [0.1, 0.15) is 5.69 Å². The first-order chi connectivity index (χ1) is 11.4. The van der Waals surface area contributed by atoms with Crippen molar-refractivity contribution in [2.75, 3.05) is 49.2 Å². The number of nitrogens with zero attached hydrogens (tertiary/aromatic N) is 3. The third-order valence-electron chi connectivity index (χ3n) is 4.06. The first kappa shape index (κ1) is 17.3. The van der Waals surface area contributed by atoms with Gasteiger partial charge in [0.25, 0.3) is 5.91 Å². The molecule has 0 aliphatic carbocycles. The lowest BCUT2D eigenvalue weighted by atomic mass is 10.2. The monoisotopic (exact) mass is 361 g/mol. The molecule has 1 unspecified atom stereocenters. The number of anilines is 1. The molecule has 0 saturated carbocycles. The number of thioether (sulfide) groups is 1. The molecule has 1 aromatic rings. The number of alkyl halides is 3. The molecule has 24 heavy (non-hydrogen) atoms. The van der Waals surface area contributed by atoms with Crippen molar-refractivity contribution >= 4 is 23.4 Å². The maximum atomic E-state index is 12.8. The van der Waals surface area contributed by atoms with E-state index in [0.29, 0.717) is 31.9 Å². The largest absolute Gasteiger partial charge is 0.433 e. The summed E-state index contributed by atoms with van der Waals surface area (Å²) in [6, 6.07) is 2.55. The summed E-state index contributed by atoms with van der Waals surface area (Å²) in [5.41, 5.74) is -0.518. The molecule has 1 amide bonds. The van der Waals surface area contributed by atoms with Crippen LogP contribution < -0.4 is 4.90 Å². The Labute approximate surface area is 142 Å². The van der Waals surface area contributed by atoms with Crippen LogP contribution in [-0.4, -0.2) is 66.2 Å². The Balaban J connectivity index is 1.70. The van der Waals surface area contributed by atoms with Crippen molar-refractivity contribution in [3.63, 3.8) is 0 Å². The summed E-state index contributed by atoms with van der Waals surface area (Å²) in [5, 5.41) is 0. The van der Waals surface area contributed by atoms with Crippen molar-refractivity contribution in [1.29, 1.82) is 0 Å². The number of amides is 1. The van der Waals surface area contributed by atoms with Crippen LogP contribution >= 0.6 is 11.8 Å². The number of carbonyl (C=O) groups excluding carboxylic acids is 1. The van der Waals surface area contributed by atoms with Gasteiger partial charge in [0.2, 0.25) is 0 Å². The van der Waals surface area contributed by atoms with Crippen molar-refractivity contribution in [2.24, 2.45) is 0 Å². The van der Waals surface area contributed by atoms with Gasteiger partial charge in [-0.05, 0) is 12.1 Å². The summed E-state index contributed by atoms with van der Waals surface area (Å²) in [7, 11) is 0. The Morgan fingerprint density at radius 1 is 1.29 bits per heavy atom. The highest BCUT2D eigenvalue weighted by Crippen LogP contribution is 2.30. The van der Waals surface area contributed by atoms with Crippen LogP contribution in [-0.2, 0) is 15.7 Å². The van der Waals surface area contributed by atoms with Gasteiger partial charge < -0.3 is 14.5 Å². The fourth-order valence-electron chi connectivity index (χ4n) is 2.79. The molecule has 0 N–H and O–H groups in total. The fourth-order valence-corrected chi connectivity index (χ4v) is 3.69. The average Bonchev–Trinajstić information content (AvgIpc) is 2.61. The van der Waals surface area contributed by atoms with E-state index in [2.05, 4.69) is 4.98 Å². The highest BCUT2D eigenvalue weighted by molar-refractivity contribution is 7.99. The SMILES string of the molecule is O=C(C1CN(c2ccnc(C(F)(F)F)c2)CCO1)N1CCSCC1. The predicted octanol–water partition coefficient (Wildman–Crippen LogP) is 1.88. The Morgan fingerprint density at radius 3 is 2.75 bits per heavy atom. The van der Waals surface area contributed by atoms with Crippen LogP contribution in [0, 0.1) is 0 Å². The third kappa shape index (κ3) is 3.94. The van der Waals surface area contributed by atoms with Crippen molar-refractivity contribution in [1.82, 2.24) is 9.88 Å². The van der Waals surface area contributed by atoms with Crippen molar-refractivity contribution in [3.8, 4) is 0 Å². The molecule has 0 radical (unpaired) electrons. The summed E-state index contributed by atoms with van der Waals surface area (Å²) in [6.45, 7) is 2.39. The van der Waals surface area contributed by atoms with Crippen LogP contribution in [0.15, 0.2) is 18.3 Å². The number of pyridine rings is 1. The Bertz CT molecular complexity index is 594. The van der Waals surface area contributed by atoms with Gasteiger partial charge in [0, 0.05) is 43.0 Å². The second kappa shape index (κ2) is 7.18. The van der Waals surface area contributed by atoms with E-state index in [1.54, 1.807) is 21.6 Å². The van der Waals surface area contributed by atoms with Gasteiger partial charge in [-0.3, -0.25) is 9.78 Å². The molecular formula is C15H18F3N3O2S. The number of aromatic nitrogens is 1. The van der Waals surface area contributed by atoms with Gasteiger partial charge in [-0.15, -0.1) is 0 Å². The minimum absolute atomic E-state index is 0.0786. The number of carbonyl (C=O) groups is 1. The second-order valence-corrected chi connectivity index (χ2v) is 6.86. The zero-order valence-electron chi connectivity index (χ0n) is 13.0. The fraction of sp³-hybridized carbons (Fsp3) is 0.600. The molecule has 1 aromatic heterocycles. The highest BCUT2D eigenvalue weighted by Gasteiger charge is 2.34. The van der Waals surface area contributed by atoms with Crippen LogP contribution in [0.5, 0.6) is 0 Å². The number of rotatable bonds is 2. The molecule has 3 heterocycles. The molecule has 0 bridgehead atoms. The van der Waals surface area contributed by atoms with E-state index in [-0.39, 0.29) is 12.5 Å². The number of hydrogen-bond donors (Lipinski definition) is 0. The van der Waals surface area contributed by atoms with Gasteiger partial charge in [0.15, 0.2) is 6.10 Å². The van der Waals surface area contributed by atoms with E-state index >= 15 is 0 Å². The summed E-state index contributed by atoms with van der Waals surface area (Å²) >= 11 is 1.81. The number of halogens is 3. The van der Waals surface area contributed by atoms with Gasteiger partial charge in [-0.1, -0.05) is 0 Å². The molecular weight excluding hydrogens is 343 g/mol. The van der Waals surface area contributed by atoms with E-state index in [1.807, 2.05) is 0 Å². The van der Waals surface area contributed by atoms with E-state index in [4.69, 9.17) is 4.74 Å². The molecule has 9 heteroatoms. The Kier molecular flexibility index (Phi) is 5.19. The Morgan fingerprint density at radius 2 is 2.04 bits per heavy atom. The number of ether oxygens (including phenoxy) is 1. The smallest absolute Gasteiger partial charge is 0.366 e. The predicted molar refractivity (Wildman–Crippen MR) is 85.1 cm³/mol. The molecule has 132 valence electrons. The zero-order chi connectivity index (χ0) is 17.2. The lowest BCUT2D eigenvalue weighted by Gasteiger charge is -2.37. The minimum atomic E-state index is -4.48. The first-order valence-electron chi connectivity index (χ1n) is 7.71. The second-order valence-electron chi connectivity index (χ2n) is 5.64. The summed E-state index contributed by atoms with van der Waals surface area (Å²) < 4.78 is 44.0. The van der Waals surface area contributed by atoms with E-state index in [9.17, 15) is 18.0 Å². The van der Waals surface area contributed by atoms with Crippen molar-refractivity contribution in [3.05, 3.63) is 24.0 Å². The maximum absolute atomic E-state index is 12.8. The number of morpholine rings is 1. The van der Waals surface area contributed by atoms with E-state index < -0.39 is 18.0 Å². The van der Waals surface area contributed by atoms with Crippen molar-refractivity contribution < 1.29 is 22.7 Å². The summed E-state index contributed by atoms with van der Waals surface area (Å²) in [4.78, 5) is 19.4. The quantitative estimate of drug-likeness (QED) is 0.805. The molecule has 2 aliphatic rings. The van der Waals surface area contributed by atoms with Crippen LogP contribution in [0.3, 0.4) is 0 Å². The molecule has 0 spiro atoms. The van der Waals surface area contributed by atoms with Crippen LogP contribution in [0.2, 0.25) is 0 Å². The van der Waals surface area contributed by atoms with Gasteiger partial charge in [-0.2, -0.15) is 24.9 Å². The molecule has 5 nitrogen and oxygen atoms in total. The van der Waals surface area contributed by atoms with Gasteiger partial charge in [0.1, 0.15) is 5.69 Å². The molecule has 2 fully saturated rings. The van der Waals surface area contributed by atoms with Crippen LogP contribution in [0.4, 0.5) is 18.9 Å².